The summed E-state index contributed by atoms with van der Waals surface area (Å²) in [6.45, 7) is 6.76. The van der Waals surface area contributed by atoms with E-state index in [1.54, 1.807) is 80.6 Å². The van der Waals surface area contributed by atoms with Crippen molar-refractivity contribution in [1.82, 2.24) is 5.32 Å². The summed E-state index contributed by atoms with van der Waals surface area (Å²) in [5, 5.41) is 41.0. The van der Waals surface area contributed by atoms with E-state index in [2.05, 4.69) is 5.32 Å². The number of carbonyl (C=O) groups excluding carboxylic acids is 6. The highest BCUT2D eigenvalue weighted by Gasteiger charge is 2.78. The Hall–Kier alpha value is -6.20. The summed E-state index contributed by atoms with van der Waals surface area (Å²) in [5.41, 5.74) is -6.95. The van der Waals surface area contributed by atoms with Crippen molar-refractivity contribution in [3.63, 3.8) is 0 Å². The fraction of sp³-hybridized carbons (Fsp3) is 0.440. The Morgan fingerprint density at radius 1 is 0.894 bits per heavy atom. The average molecular weight is 908 g/mol. The van der Waals surface area contributed by atoms with Crippen molar-refractivity contribution in [3.8, 4) is 5.75 Å². The highest BCUT2D eigenvalue weighted by atomic mass is 16.6. The first-order valence-corrected chi connectivity index (χ1v) is 21.8. The molecule has 2 aliphatic heterocycles. The molecular formula is C50H53NO15. The molecule has 66 heavy (non-hydrogen) atoms. The molecule has 11 atom stereocenters. The van der Waals surface area contributed by atoms with Gasteiger partial charge in [0.15, 0.2) is 23.6 Å². The smallest absolute Gasteiger partial charge is 0.338 e. The van der Waals surface area contributed by atoms with Gasteiger partial charge < -0.3 is 49.1 Å². The van der Waals surface area contributed by atoms with Gasteiger partial charge in [-0.3, -0.25) is 14.4 Å². The van der Waals surface area contributed by atoms with Gasteiger partial charge in [-0.25, -0.2) is 14.4 Å². The SMILES string of the molecule is COc1cccc(C(=O)O[C@H]2[C@@H]3[C@]45CO[C@@H]4C[C@H](O)[C@@]3(C)C(=O)[C@H](OC(C)=O)C3=C(C)[C@H](C[C@]2(O)C3(C)C)OC(=O)[C@H](O)[C@@H](NC(=O)c2ccccc2)c2ccccc2C/C=C\C(=O)O5)c1. The molecule has 8 rings (SSSR count). The number of methoxy groups -OCH3 is 1. The molecule has 0 aromatic heterocycles. The molecule has 0 unspecified atom stereocenters. The zero-order valence-electron chi connectivity index (χ0n) is 37.3. The molecule has 4 N–H and O–H groups in total. The molecule has 4 bridgehead atoms. The molecular weight excluding hydrogens is 855 g/mol. The molecule has 1 amide bonds. The minimum atomic E-state index is -2.44. The van der Waals surface area contributed by atoms with Crippen LogP contribution in [-0.4, -0.2) is 112 Å². The lowest BCUT2D eigenvalue weighted by Gasteiger charge is -2.67. The van der Waals surface area contributed by atoms with Gasteiger partial charge in [0, 0.05) is 36.8 Å². The summed E-state index contributed by atoms with van der Waals surface area (Å²) in [4.78, 5) is 86.0. The van der Waals surface area contributed by atoms with E-state index in [1.807, 2.05) is 0 Å². The van der Waals surface area contributed by atoms with E-state index in [0.717, 1.165) is 13.0 Å². The number of rotatable bonds is 6. The minimum Gasteiger partial charge on any atom is -0.497 e. The Morgan fingerprint density at radius 3 is 2.27 bits per heavy atom. The van der Waals surface area contributed by atoms with Crippen molar-refractivity contribution in [2.75, 3.05) is 13.7 Å². The summed E-state index contributed by atoms with van der Waals surface area (Å²) in [5.74, 6) is -6.88. The highest BCUT2D eigenvalue weighted by Crippen LogP contribution is 2.64. The lowest BCUT2D eigenvalue weighted by Crippen LogP contribution is -2.82. The minimum absolute atomic E-state index is 0.0174. The second kappa shape index (κ2) is 17.2. The van der Waals surface area contributed by atoms with Gasteiger partial charge in [0.1, 0.15) is 29.7 Å². The summed E-state index contributed by atoms with van der Waals surface area (Å²) in [7, 11) is 1.41. The normalized spacial score (nSPS) is 34.1. The molecule has 3 aromatic rings. The molecule has 16 nitrogen and oxygen atoms in total. The second-order valence-corrected chi connectivity index (χ2v) is 18.4. The van der Waals surface area contributed by atoms with Crippen LogP contribution in [0.15, 0.2) is 102 Å². The van der Waals surface area contributed by atoms with E-state index in [4.69, 9.17) is 28.4 Å². The first-order chi connectivity index (χ1) is 31.3. The lowest BCUT2D eigenvalue weighted by atomic mass is 9.44. The van der Waals surface area contributed by atoms with Gasteiger partial charge in [-0.05, 0) is 72.9 Å². The van der Waals surface area contributed by atoms with Crippen LogP contribution in [0.4, 0.5) is 0 Å². The van der Waals surface area contributed by atoms with Crippen molar-refractivity contribution in [3.05, 3.63) is 124 Å². The third kappa shape index (κ3) is 7.49. The van der Waals surface area contributed by atoms with Crippen LogP contribution in [0.5, 0.6) is 5.75 Å². The first kappa shape index (κ1) is 46.3. The molecule has 3 aliphatic carbocycles. The predicted octanol–water partition coefficient (Wildman–Crippen LogP) is 3.84. The highest BCUT2D eigenvalue weighted by molar-refractivity contribution is 5.96. The Morgan fingerprint density at radius 2 is 1.59 bits per heavy atom. The number of ether oxygens (including phenoxy) is 6. The number of carbonyl (C=O) groups is 6. The molecule has 16 heteroatoms. The van der Waals surface area contributed by atoms with Gasteiger partial charge in [0.2, 0.25) is 0 Å². The van der Waals surface area contributed by atoms with Gasteiger partial charge >= 0.3 is 23.9 Å². The number of esters is 4. The third-order valence-corrected chi connectivity index (χ3v) is 14.6. The summed E-state index contributed by atoms with van der Waals surface area (Å²) in [6, 6.07) is 19.4. The van der Waals surface area contributed by atoms with Crippen LogP contribution >= 0.6 is 0 Å². The van der Waals surface area contributed by atoms with Crippen LogP contribution in [0.25, 0.3) is 0 Å². The average Bonchev–Trinajstić information content (AvgIpc) is 3.29. The van der Waals surface area contributed by atoms with Crippen LogP contribution in [0.3, 0.4) is 0 Å². The van der Waals surface area contributed by atoms with Crippen LogP contribution in [0, 0.1) is 16.7 Å². The molecule has 2 saturated carbocycles. The first-order valence-electron chi connectivity index (χ1n) is 21.8. The van der Waals surface area contributed by atoms with E-state index >= 15 is 4.79 Å². The predicted molar refractivity (Wildman–Crippen MR) is 231 cm³/mol. The van der Waals surface area contributed by atoms with Gasteiger partial charge in [-0.15, -0.1) is 0 Å². The number of nitrogens with one attached hydrogen (secondary N) is 1. The molecule has 2 heterocycles. The summed E-state index contributed by atoms with van der Waals surface area (Å²) in [6.07, 6.45) is -8.21. The number of benzene rings is 3. The zero-order chi connectivity index (χ0) is 47.5. The number of amides is 1. The van der Waals surface area contributed by atoms with Crippen LogP contribution in [0.2, 0.25) is 0 Å². The molecule has 3 aromatic carbocycles. The van der Waals surface area contributed by atoms with E-state index in [9.17, 15) is 39.3 Å². The zero-order valence-corrected chi connectivity index (χ0v) is 37.3. The molecule has 1 saturated heterocycles. The number of fused-ring (bicyclic) bond motifs is 3. The van der Waals surface area contributed by atoms with Crippen molar-refractivity contribution in [2.24, 2.45) is 16.7 Å². The molecule has 1 spiro atoms. The molecule has 3 fully saturated rings. The Balaban J connectivity index is 1.37. The van der Waals surface area contributed by atoms with Gasteiger partial charge in [-0.1, -0.05) is 68.5 Å². The van der Waals surface area contributed by atoms with E-state index in [-0.39, 0.29) is 41.7 Å². The fourth-order valence-corrected chi connectivity index (χ4v) is 10.9. The monoisotopic (exact) mass is 907 g/mol. The Labute approximate surface area is 380 Å². The van der Waals surface area contributed by atoms with Crippen LogP contribution in [-0.2, 0) is 49.3 Å². The number of aliphatic hydroxyl groups excluding tert-OH is 2. The Bertz CT molecular complexity index is 2530. The van der Waals surface area contributed by atoms with E-state index < -0.39 is 113 Å². The van der Waals surface area contributed by atoms with Gasteiger partial charge in [-0.2, -0.15) is 0 Å². The number of allylic oxidation sites excluding steroid dienone is 1. The number of aliphatic hydroxyl groups is 3. The maximum atomic E-state index is 15.7. The number of hydrogen-bond donors (Lipinski definition) is 4. The van der Waals surface area contributed by atoms with Gasteiger partial charge in [0.25, 0.3) is 5.91 Å². The fourth-order valence-electron chi connectivity index (χ4n) is 10.9. The summed E-state index contributed by atoms with van der Waals surface area (Å²) < 4.78 is 36.4. The number of ketones is 1. The van der Waals surface area contributed by atoms with Crippen molar-refractivity contribution >= 4 is 35.6 Å². The molecule has 348 valence electrons. The maximum Gasteiger partial charge on any atom is 0.338 e. The quantitative estimate of drug-likeness (QED) is 0.157. The van der Waals surface area contributed by atoms with Gasteiger partial charge in [0.05, 0.1) is 42.8 Å². The van der Waals surface area contributed by atoms with Crippen molar-refractivity contribution < 1.29 is 72.5 Å². The third-order valence-electron chi connectivity index (χ3n) is 14.6. The van der Waals surface area contributed by atoms with Crippen molar-refractivity contribution in [1.29, 1.82) is 0 Å². The lowest BCUT2D eigenvalue weighted by molar-refractivity contribution is -0.345. The standard InChI is InChI=1S/C50H53NO15/c1-26-33-24-50(60)43(65-45(58)30-18-12-19-31(22-30)61-6)41-48(5,42(56)40(63-27(2)52)37(26)47(50,3)4)34(53)23-35-49(41,25-62-35)66-36(54)21-13-17-28-14-10-11-20-32(28)38(39(55)46(59)64-33)51-44(57)29-15-8-7-9-16-29/h7-16,18-22,33-35,38-41,43,53,55,60H,17,23-25H2,1-6H3,(H,51,57)/b21-13-/t33-,34-,35+,38-,39+,40+,41-,43-,48+,49-,50+/m0/s1. The number of Topliss-reactive ketones (excluding diaryl/α,β-unsaturated/α-hetero) is 1. The van der Waals surface area contributed by atoms with Crippen LogP contribution < -0.4 is 10.1 Å². The van der Waals surface area contributed by atoms with E-state index in [0.29, 0.717) is 16.9 Å². The summed E-state index contributed by atoms with van der Waals surface area (Å²) >= 11 is 0. The maximum absolute atomic E-state index is 15.7. The number of hydrogen-bond acceptors (Lipinski definition) is 15. The van der Waals surface area contributed by atoms with Crippen molar-refractivity contribution in [2.45, 2.75) is 108 Å². The second-order valence-electron chi connectivity index (χ2n) is 18.4. The Kier molecular flexibility index (Phi) is 12.1. The van der Waals surface area contributed by atoms with Crippen LogP contribution in [0.1, 0.15) is 85.3 Å². The van der Waals surface area contributed by atoms with E-state index in [1.165, 1.54) is 39.2 Å². The topological polar surface area (TPSA) is 231 Å². The largest absolute Gasteiger partial charge is 0.497 e. The molecule has 0 radical (unpaired) electrons. The molecule has 5 aliphatic rings.